The van der Waals surface area contributed by atoms with Crippen molar-refractivity contribution < 1.29 is 9.90 Å². The van der Waals surface area contributed by atoms with E-state index in [4.69, 9.17) is 28.3 Å². The molecule has 0 unspecified atom stereocenters. The Morgan fingerprint density at radius 3 is 2.13 bits per heavy atom. The number of carbonyl (C=O) groups is 1. The summed E-state index contributed by atoms with van der Waals surface area (Å²) < 4.78 is 0. The Bertz CT molecular complexity index is 411. The lowest BCUT2D eigenvalue weighted by Crippen LogP contribution is -2.38. The number of carboxylic acid groups (broad SMARTS) is 1. The van der Waals surface area contributed by atoms with Gasteiger partial charge in [0.2, 0.25) is 0 Å². The normalized spacial score (nSPS) is 11.5. The zero-order valence-corrected chi connectivity index (χ0v) is 11.3. The van der Waals surface area contributed by atoms with Crippen LogP contribution in [0.1, 0.15) is 10.4 Å². The Hall–Kier alpha value is -0.513. The van der Waals surface area contributed by atoms with E-state index in [0.717, 1.165) is 5.19 Å². The van der Waals surface area contributed by atoms with Gasteiger partial charge in [0.25, 0.3) is 0 Å². The Balaban J connectivity index is 3.39. The van der Waals surface area contributed by atoms with Gasteiger partial charge in [-0.1, -0.05) is 42.8 Å². The summed E-state index contributed by atoms with van der Waals surface area (Å²) >= 11 is 11.9. The number of aromatic carboxylic acids is 1. The largest absolute Gasteiger partial charge is 0.478 e. The predicted octanol–water partition coefficient (Wildman–Crippen LogP) is 3.24. The van der Waals surface area contributed by atoms with Crippen LogP contribution in [0, 0.1) is 0 Å². The Kier molecular flexibility index (Phi) is 3.48. The van der Waals surface area contributed by atoms with Gasteiger partial charge in [0.05, 0.1) is 18.7 Å². The van der Waals surface area contributed by atoms with Crippen LogP contribution in [0.4, 0.5) is 0 Å². The fraction of sp³-hybridized carbons (Fsp3) is 0.300. The van der Waals surface area contributed by atoms with Crippen molar-refractivity contribution in [1.29, 1.82) is 0 Å². The standard InChI is InChI=1S/C10H12Cl2O2Si/c1-15(2,3)9-5-7(11)6(10(13)14)4-8(9)12/h4-5H,1-3H3,(H,13,14). The molecule has 1 rings (SSSR count). The molecule has 0 aromatic heterocycles. The van der Waals surface area contributed by atoms with E-state index in [1.165, 1.54) is 6.07 Å². The van der Waals surface area contributed by atoms with Crippen LogP contribution in [-0.4, -0.2) is 19.1 Å². The molecule has 0 aliphatic carbocycles. The molecule has 0 atom stereocenters. The third-order valence-corrected chi connectivity index (χ3v) is 4.91. The first-order chi connectivity index (χ1) is 6.73. The van der Waals surface area contributed by atoms with Crippen molar-refractivity contribution in [2.75, 3.05) is 0 Å². The summed E-state index contributed by atoms with van der Waals surface area (Å²) in [4.78, 5) is 10.8. The lowest BCUT2D eigenvalue weighted by atomic mass is 10.2. The number of rotatable bonds is 2. The highest BCUT2D eigenvalue weighted by molar-refractivity contribution is 6.90. The van der Waals surface area contributed by atoms with Gasteiger partial charge in [-0.3, -0.25) is 0 Å². The van der Waals surface area contributed by atoms with Crippen LogP contribution in [0.5, 0.6) is 0 Å². The summed E-state index contributed by atoms with van der Waals surface area (Å²) in [6, 6.07) is 3.11. The van der Waals surface area contributed by atoms with Crippen LogP contribution in [0.25, 0.3) is 0 Å². The van der Waals surface area contributed by atoms with Gasteiger partial charge >= 0.3 is 5.97 Å². The van der Waals surface area contributed by atoms with E-state index in [0.29, 0.717) is 5.02 Å². The summed E-state index contributed by atoms with van der Waals surface area (Å²) in [5.74, 6) is -1.05. The molecule has 0 heterocycles. The monoisotopic (exact) mass is 262 g/mol. The minimum absolute atomic E-state index is 0.0590. The van der Waals surface area contributed by atoms with Crippen LogP contribution in [0.3, 0.4) is 0 Å². The summed E-state index contributed by atoms with van der Waals surface area (Å²) in [5.41, 5.74) is 0.0590. The van der Waals surface area contributed by atoms with Crippen molar-refractivity contribution in [2.24, 2.45) is 0 Å². The molecule has 0 spiro atoms. The molecule has 15 heavy (non-hydrogen) atoms. The number of hydrogen-bond acceptors (Lipinski definition) is 1. The number of carboxylic acids is 1. The Morgan fingerprint density at radius 1 is 1.20 bits per heavy atom. The predicted molar refractivity (Wildman–Crippen MR) is 66.4 cm³/mol. The van der Waals surface area contributed by atoms with E-state index in [1.54, 1.807) is 6.07 Å². The molecule has 0 radical (unpaired) electrons. The molecule has 0 saturated heterocycles. The second-order valence-electron chi connectivity index (χ2n) is 4.37. The van der Waals surface area contributed by atoms with Gasteiger partial charge in [0, 0.05) is 5.02 Å². The number of hydrogen-bond donors (Lipinski definition) is 1. The quantitative estimate of drug-likeness (QED) is 0.832. The lowest BCUT2D eigenvalue weighted by molar-refractivity contribution is 0.0697. The van der Waals surface area contributed by atoms with Crippen molar-refractivity contribution in [2.45, 2.75) is 19.6 Å². The molecule has 1 aromatic carbocycles. The maximum Gasteiger partial charge on any atom is 0.337 e. The fourth-order valence-corrected chi connectivity index (χ4v) is 4.00. The van der Waals surface area contributed by atoms with E-state index in [9.17, 15) is 4.79 Å². The van der Waals surface area contributed by atoms with E-state index in [-0.39, 0.29) is 10.6 Å². The highest BCUT2D eigenvalue weighted by Gasteiger charge is 2.22. The number of benzene rings is 1. The SMILES string of the molecule is C[Si](C)(C)c1cc(Cl)c(C(=O)O)cc1Cl. The van der Waals surface area contributed by atoms with Crippen molar-refractivity contribution in [1.82, 2.24) is 0 Å². The van der Waals surface area contributed by atoms with Crippen molar-refractivity contribution in [3.05, 3.63) is 27.7 Å². The van der Waals surface area contributed by atoms with Crippen molar-refractivity contribution in [3.8, 4) is 0 Å². The highest BCUT2D eigenvalue weighted by Crippen LogP contribution is 2.22. The van der Waals surface area contributed by atoms with Gasteiger partial charge in [-0.15, -0.1) is 0 Å². The molecular formula is C10H12Cl2O2Si. The zero-order valence-electron chi connectivity index (χ0n) is 8.77. The number of halogens is 2. The van der Waals surface area contributed by atoms with Gasteiger partial charge in [0.15, 0.2) is 0 Å². The fourth-order valence-electron chi connectivity index (χ4n) is 1.29. The average Bonchev–Trinajstić information content (AvgIpc) is 2.06. The molecule has 5 heteroatoms. The first-order valence-electron chi connectivity index (χ1n) is 4.46. The maximum absolute atomic E-state index is 10.8. The van der Waals surface area contributed by atoms with Gasteiger partial charge in [-0.05, 0) is 17.3 Å². The molecule has 0 fully saturated rings. The Morgan fingerprint density at radius 2 is 1.73 bits per heavy atom. The molecule has 1 aromatic rings. The van der Waals surface area contributed by atoms with Gasteiger partial charge < -0.3 is 5.11 Å². The summed E-state index contributed by atoms with van der Waals surface area (Å²) in [5, 5.41) is 10.6. The highest BCUT2D eigenvalue weighted by atomic mass is 35.5. The molecular weight excluding hydrogens is 251 g/mol. The van der Waals surface area contributed by atoms with Gasteiger partial charge in [-0.25, -0.2) is 4.79 Å². The topological polar surface area (TPSA) is 37.3 Å². The zero-order chi connectivity index (χ0) is 11.8. The van der Waals surface area contributed by atoms with Gasteiger partial charge in [0.1, 0.15) is 0 Å². The van der Waals surface area contributed by atoms with Crippen LogP contribution < -0.4 is 5.19 Å². The molecule has 0 amide bonds. The van der Waals surface area contributed by atoms with Crippen LogP contribution in [0.15, 0.2) is 12.1 Å². The van der Waals surface area contributed by atoms with E-state index in [2.05, 4.69) is 19.6 Å². The van der Waals surface area contributed by atoms with Gasteiger partial charge in [-0.2, -0.15) is 0 Å². The first-order valence-corrected chi connectivity index (χ1v) is 8.72. The van der Waals surface area contributed by atoms with E-state index >= 15 is 0 Å². The summed E-state index contributed by atoms with van der Waals surface area (Å²) in [7, 11) is -1.58. The van der Waals surface area contributed by atoms with Crippen LogP contribution >= 0.6 is 23.2 Å². The minimum Gasteiger partial charge on any atom is -0.478 e. The molecule has 82 valence electrons. The second-order valence-corrected chi connectivity index (χ2v) is 10.2. The average molecular weight is 263 g/mol. The maximum atomic E-state index is 10.8. The van der Waals surface area contributed by atoms with Crippen LogP contribution in [0.2, 0.25) is 29.7 Å². The van der Waals surface area contributed by atoms with Crippen LogP contribution in [-0.2, 0) is 0 Å². The third kappa shape index (κ3) is 2.74. The molecule has 0 saturated carbocycles. The second kappa shape index (κ2) is 4.16. The minimum atomic E-state index is -1.58. The van der Waals surface area contributed by atoms with Crippen molar-refractivity contribution in [3.63, 3.8) is 0 Å². The smallest absolute Gasteiger partial charge is 0.337 e. The summed E-state index contributed by atoms with van der Waals surface area (Å²) in [6.07, 6.45) is 0. The molecule has 2 nitrogen and oxygen atoms in total. The molecule has 0 bridgehead atoms. The van der Waals surface area contributed by atoms with E-state index in [1.807, 2.05) is 0 Å². The first kappa shape index (κ1) is 12.6. The summed E-state index contributed by atoms with van der Waals surface area (Å²) in [6.45, 7) is 6.39. The van der Waals surface area contributed by atoms with Crippen molar-refractivity contribution >= 4 is 42.4 Å². The molecule has 0 aliphatic heterocycles. The third-order valence-electron chi connectivity index (χ3n) is 2.10. The molecule has 1 N–H and O–H groups in total. The lowest BCUT2D eigenvalue weighted by Gasteiger charge is -2.19. The Labute approximate surface area is 99.8 Å². The molecule has 0 aliphatic rings. The van der Waals surface area contributed by atoms with E-state index < -0.39 is 14.0 Å².